The molecule has 0 aliphatic carbocycles. The Hall–Kier alpha value is -0.370. The number of ketones is 1. The molecular weight excluding hydrogens is 162 g/mol. The van der Waals surface area contributed by atoms with E-state index in [2.05, 4.69) is 5.32 Å². The van der Waals surface area contributed by atoms with E-state index in [1.807, 2.05) is 6.92 Å². The fourth-order valence-corrected chi connectivity index (χ4v) is 1.94. The van der Waals surface area contributed by atoms with Crippen molar-refractivity contribution < 1.29 is 4.79 Å². The number of piperidine rings is 1. The maximum Gasteiger partial charge on any atom is 0.132 e. The number of carbonyl (C=O) groups excluding carboxylic acids is 1. The molecule has 1 aliphatic rings. The molecule has 0 aromatic heterocycles. The molecule has 0 bridgehead atoms. The molecule has 0 spiro atoms. The molecule has 1 unspecified atom stereocenters. The van der Waals surface area contributed by atoms with Gasteiger partial charge >= 0.3 is 0 Å². The summed E-state index contributed by atoms with van der Waals surface area (Å²) < 4.78 is 0. The van der Waals surface area contributed by atoms with E-state index in [0.717, 1.165) is 18.8 Å². The molecule has 2 nitrogen and oxygen atoms in total. The van der Waals surface area contributed by atoms with Gasteiger partial charge in [-0.2, -0.15) is 0 Å². The number of nitrogens with one attached hydrogen (secondary N) is 1. The molecule has 1 saturated heterocycles. The van der Waals surface area contributed by atoms with Crippen LogP contribution in [0.1, 0.15) is 45.4 Å². The Morgan fingerprint density at radius 1 is 1.54 bits per heavy atom. The molecule has 1 heterocycles. The SMILES string of the molecule is CCC(=O)CCCC1CCCNC1. The summed E-state index contributed by atoms with van der Waals surface area (Å²) in [5, 5.41) is 3.40. The molecule has 0 aromatic rings. The van der Waals surface area contributed by atoms with Crippen LogP contribution in [0.15, 0.2) is 0 Å². The first-order chi connectivity index (χ1) is 6.33. The third-order valence-corrected chi connectivity index (χ3v) is 2.86. The summed E-state index contributed by atoms with van der Waals surface area (Å²) in [7, 11) is 0. The molecule has 0 saturated carbocycles. The number of hydrogen-bond donors (Lipinski definition) is 1. The minimum absolute atomic E-state index is 0.420. The number of rotatable bonds is 5. The maximum atomic E-state index is 11.0. The second-order valence-electron chi connectivity index (χ2n) is 4.00. The summed E-state index contributed by atoms with van der Waals surface area (Å²) >= 11 is 0. The number of Topliss-reactive ketones (excluding diaryl/α,β-unsaturated/α-hetero) is 1. The third kappa shape index (κ3) is 4.41. The topological polar surface area (TPSA) is 29.1 Å². The van der Waals surface area contributed by atoms with Crippen molar-refractivity contribution in [3.8, 4) is 0 Å². The van der Waals surface area contributed by atoms with Gasteiger partial charge in [0, 0.05) is 12.8 Å². The summed E-state index contributed by atoms with van der Waals surface area (Å²) in [6.07, 6.45) is 6.51. The molecule has 2 heteroatoms. The van der Waals surface area contributed by atoms with Crippen LogP contribution in [0.2, 0.25) is 0 Å². The van der Waals surface area contributed by atoms with Gasteiger partial charge in [0.2, 0.25) is 0 Å². The monoisotopic (exact) mass is 183 g/mol. The fourth-order valence-electron chi connectivity index (χ4n) is 1.94. The summed E-state index contributed by atoms with van der Waals surface area (Å²) in [6.45, 7) is 4.30. The zero-order valence-electron chi connectivity index (χ0n) is 8.64. The molecule has 1 atom stereocenters. The molecular formula is C11H21NO. The van der Waals surface area contributed by atoms with E-state index >= 15 is 0 Å². The fraction of sp³-hybridized carbons (Fsp3) is 0.909. The Kier molecular flexibility index (Phi) is 5.06. The van der Waals surface area contributed by atoms with Gasteiger partial charge in [0.25, 0.3) is 0 Å². The quantitative estimate of drug-likeness (QED) is 0.707. The van der Waals surface area contributed by atoms with E-state index in [1.54, 1.807) is 0 Å². The molecule has 76 valence electrons. The lowest BCUT2D eigenvalue weighted by atomic mass is 9.93. The number of carbonyl (C=O) groups is 1. The van der Waals surface area contributed by atoms with E-state index in [0.29, 0.717) is 12.2 Å². The first-order valence-corrected chi connectivity index (χ1v) is 5.55. The Balaban J connectivity index is 2.01. The van der Waals surface area contributed by atoms with Crippen LogP contribution in [0.4, 0.5) is 0 Å². The Bertz CT molecular complexity index is 150. The van der Waals surface area contributed by atoms with E-state index in [-0.39, 0.29) is 0 Å². The van der Waals surface area contributed by atoms with Crippen LogP contribution in [0.3, 0.4) is 0 Å². The van der Waals surface area contributed by atoms with Gasteiger partial charge in [-0.3, -0.25) is 4.79 Å². The molecule has 0 radical (unpaired) electrons. The summed E-state index contributed by atoms with van der Waals surface area (Å²) in [5.41, 5.74) is 0. The second kappa shape index (κ2) is 6.14. The van der Waals surface area contributed by atoms with Crippen LogP contribution in [0.25, 0.3) is 0 Å². The van der Waals surface area contributed by atoms with Gasteiger partial charge in [-0.25, -0.2) is 0 Å². The lowest BCUT2D eigenvalue weighted by molar-refractivity contribution is -0.118. The summed E-state index contributed by atoms with van der Waals surface area (Å²) in [5.74, 6) is 1.25. The minimum atomic E-state index is 0.420. The van der Waals surface area contributed by atoms with Crippen LogP contribution >= 0.6 is 0 Å². The van der Waals surface area contributed by atoms with Gasteiger partial charge in [-0.05, 0) is 44.7 Å². The van der Waals surface area contributed by atoms with E-state index in [1.165, 1.54) is 32.4 Å². The van der Waals surface area contributed by atoms with Crippen LogP contribution in [0, 0.1) is 5.92 Å². The highest BCUT2D eigenvalue weighted by molar-refractivity contribution is 5.77. The molecule has 1 rings (SSSR count). The van der Waals surface area contributed by atoms with Gasteiger partial charge in [-0.1, -0.05) is 6.92 Å². The molecule has 1 aliphatic heterocycles. The second-order valence-corrected chi connectivity index (χ2v) is 4.00. The minimum Gasteiger partial charge on any atom is -0.316 e. The smallest absolute Gasteiger partial charge is 0.132 e. The van der Waals surface area contributed by atoms with Crippen molar-refractivity contribution in [1.29, 1.82) is 0 Å². The van der Waals surface area contributed by atoms with Gasteiger partial charge < -0.3 is 5.32 Å². The summed E-state index contributed by atoms with van der Waals surface area (Å²) in [4.78, 5) is 11.0. The molecule has 1 N–H and O–H groups in total. The number of hydrogen-bond acceptors (Lipinski definition) is 2. The molecule has 13 heavy (non-hydrogen) atoms. The van der Waals surface area contributed by atoms with Crippen molar-refractivity contribution in [2.45, 2.75) is 45.4 Å². The van der Waals surface area contributed by atoms with Gasteiger partial charge in [0.05, 0.1) is 0 Å². The van der Waals surface area contributed by atoms with Crippen molar-refractivity contribution in [3.05, 3.63) is 0 Å². The lowest BCUT2D eigenvalue weighted by Crippen LogP contribution is -2.29. The van der Waals surface area contributed by atoms with E-state index in [4.69, 9.17) is 0 Å². The molecule has 0 amide bonds. The van der Waals surface area contributed by atoms with Crippen molar-refractivity contribution in [1.82, 2.24) is 5.32 Å². The molecule has 1 fully saturated rings. The van der Waals surface area contributed by atoms with Crippen LogP contribution in [-0.2, 0) is 4.79 Å². The zero-order valence-corrected chi connectivity index (χ0v) is 8.64. The van der Waals surface area contributed by atoms with Gasteiger partial charge in [0.1, 0.15) is 5.78 Å². The van der Waals surface area contributed by atoms with Crippen LogP contribution < -0.4 is 5.32 Å². The van der Waals surface area contributed by atoms with Crippen molar-refractivity contribution in [2.75, 3.05) is 13.1 Å². The first-order valence-electron chi connectivity index (χ1n) is 5.55. The highest BCUT2D eigenvalue weighted by Gasteiger charge is 2.12. The molecule has 0 aromatic carbocycles. The van der Waals surface area contributed by atoms with Gasteiger partial charge in [-0.15, -0.1) is 0 Å². The Morgan fingerprint density at radius 2 is 2.38 bits per heavy atom. The predicted octanol–water partition coefficient (Wildman–Crippen LogP) is 2.14. The van der Waals surface area contributed by atoms with Crippen molar-refractivity contribution in [2.24, 2.45) is 5.92 Å². The average Bonchev–Trinajstić information content (AvgIpc) is 2.19. The normalized spacial score (nSPS) is 23.0. The van der Waals surface area contributed by atoms with E-state index in [9.17, 15) is 4.79 Å². The first kappa shape index (κ1) is 10.7. The lowest BCUT2D eigenvalue weighted by Gasteiger charge is -2.22. The third-order valence-electron chi connectivity index (χ3n) is 2.86. The predicted molar refractivity (Wildman–Crippen MR) is 54.7 cm³/mol. The highest BCUT2D eigenvalue weighted by Crippen LogP contribution is 2.16. The Labute approximate surface area is 81.1 Å². The Morgan fingerprint density at radius 3 is 3.00 bits per heavy atom. The van der Waals surface area contributed by atoms with Crippen LogP contribution in [0.5, 0.6) is 0 Å². The largest absolute Gasteiger partial charge is 0.316 e. The highest BCUT2D eigenvalue weighted by atomic mass is 16.1. The standard InChI is InChI=1S/C11H21NO/c1-2-11(13)7-3-5-10-6-4-8-12-9-10/h10,12H,2-9H2,1H3. The van der Waals surface area contributed by atoms with Gasteiger partial charge in [0.15, 0.2) is 0 Å². The van der Waals surface area contributed by atoms with Crippen molar-refractivity contribution in [3.63, 3.8) is 0 Å². The summed E-state index contributed by atoms with van der Waals surface area (Å²) in [6, 6.07) is 0. The maximum absolute atomic E-state index is 11.0. The van der Waals surface area contributed by atoms with Crippen LogP contribution in [-0.4, -0.2) is 18.9 Å². The van der Waals surface area contributed by atoms with E-state index < -0.39 is 0 Å². The zero-order chi connectivity index (χ0) is 9.52. The van der Waals surface area contributed by atoms with Crippen molar-refractivity contribution >= 4 is 5.78 Å². The average molecular weight is 183 g/mol.